The molecule has 2 N–H and O–H groups in total. The Hall–Kier alpha value is -1.35. The summed E-state index contributed by atoms with van der Waals surface area (Å²) in [5, 5.41) is 0. The third-order valence-electron chi connectivity index (χ3n) is 4.04. The van der Waals surface area contributed by atoms with Gasteiger partial charge in [0.1, 0.15) is 0 Å². The fourth-order valence-corrected chi connectivity index (χ4v) is 2.78. The predicted octanol–water partition coefficient (Wildman–Crippen LogP) is 2.19. The molecule has 0 aromatic heterocycles. The molecule has 1 aliphatic rings. The van der Waals surface area contributed by atoms with Gasteiger partial charge in [0, 0.05) is 19.6 Å². The zero-order valence-corrected chi connectivity index (χ0v) is 11.9. The van der Waals surface area contributed by atoms with E-state index in [-0.39, 0.29) is 11.8 Å². The topological polar surface area (TPSA) is 46.3 Å². The van der Waals surface area contributed by atoms with Crippen LogP contribution in [0.3, 0.4) is 0 Å². The van der Waals surface area contributed by atoms with Crippen LogP contribution < -0.4 is 5.73 Å². The highest BCUT2D eigenvalue weighted by atomic mass is 16.2. The van der Waals surface area contributed by atoms with Gasteiger partial charge >= 0.3 is 0 Å². The molecule has 1 aromatic carbocycles. The average Bonchev–Trinajstić information content (AvgIpc) is 2.60. The van der Waals surface area contributed by atoms with Gasteiger partial charge in [0.15, 0.2) is 0 Å². The predicted molar refractivity (Wildman–Crippen MR) is 77.6 cm³/mol. The number of benzene rings is 1. The maximum absolute atomic E-state index is 12.6. The molecule has 0 aliphatic carbocycles. The Morgan fingerprint density at radius 2 is 2.00 bits per heavy atom. The molecule has 0 bridgehead atoms. The van der Waals surface area contributed by atoms with E-state index in [9.17, 15) is 4.79 Å². The molecule has 0 saturated heterocycles. The summed E-state index contributed by atoms with van der Waals surface area (Å²) in [4.78, 5) is 14.6. The van der Waals surface area contributed by atoms with Gasteiger partial charge in [-0.25, -0.2) is 0 Å². The number of hydrogen-bond donors (Lipinski definition) is 1. The van der Waals surface area contributed by atoms with E-state index in [1.807, 2.05) is 4.90 Å². The molecule has 1 unspecified atom stereocenters. The van der Waals surface area contributed by atoms with Gasteiger partial charge in [0.05, 0.1) is 5.92 Å². The Labute approximate surface area is 115 Å². The van der Waals surface area contributed by atoms with Crippen molar-refractivity contribution in [2.24, 2.45) is 17.6 Å². The summed E-state index contributed by atoms with van der Waals surface area (Å²) < 4.78 is 0. The number of nitrogens with zero attached hydrogens (tertiary/aromatic N) is 1. The minimum absolute atomic E-state index is 0.0507. The first-order valence-electron chi connectivity index (χ1n) is 7.19. The minimum atomic E-state index is -0.0507. The van der Waals surface area contributed by atoms with Crippen molar-refractivity contribution in [3.05, 3.63) is 35.4 Å². The second-order valence-corrected chi connectivity index (χ2v) is 5.72. The number of carbonyl (C=O) groups excluding carboxylic acids is 1. The first-order chi connectivity index (χ1) is 9.13. The van der Waals surface area contributed by atoms with E-state index in [1.165, 1.54) is 11.1 Å². The maximum atomic E-state index is 12.6. The van der Waals surface area contributed by atoms with Gasteiger partial charge in [-0.1, -0.05) is 38.1 Å². The molecule has 0 fully saturated rings. The van der Waals surface area contributed by atoms with Gasteiger partial charge in [0.25, 0.3) is 0 Å². The van der Waals surface area contributed by atoms with Crippen LogP contribution in [-0.4, -0.2) is 23.9 Å². The summed E-state index contributed by atoms with van der Waals surface area (Å²) in [6.45, 7) is 6.16. The summed E-state index contributed by atoms with van der Waals surface area (Å²) in [7, 11) is 0. The number of nitrogens with two attached hydrogens (primary N) is 1. The van der Waals surface area contributed by atoms with Crippen molar-refractivity contribution in [1.29, 1.82) is 0 Å². The Kier molecular flexibility index (Phi) is 4.59. The molecular formula is C16H24N2O. The van der Waals surface area contributed by atoms with Gasteiger partial charge in [-0.15, -0.1) is 0 Å². The molecule has 1 atom stereocenters. The number of fused-ring (bicyclic) bond motifs is 1. The van der Waals surface area contributed by atoms with E-state index in [4.69, 9.17) is 5.73 Å². The summed E-state index contributed by atoms with van der Waals surface area (Å²) in [5.41, 5.74) is 8.43. The normalized spacial score (nSPS) is 16.9. The standard InChI is InChI=1S/C16H24N2O/c1-12(2)15(10-17)16(19)18-9-5-8-13-6-3-4-7-14(13)11-18/h3-4,6-7,12,15H,5,8-11,17H2,1-2H3. The molecule has 1 heterocycles. The molecule has 1 aliphatic heterocycles. The lowest BCUT2D eigenvalue weighted by Gasteiger charge is -2.27. The molecule has 19 heavy (non-hydrogen) atoms. The molecule has 0 spiro atoms. The van der Waals surface area contributed by atoms with Crippen molar-refractivity contribution in [3.63, 3.8) is 0 Å². The van der Waals surface area contributed by atoms with Crippen molar-refractivity contribution >= 4 is 5.91 Å². The highest BCUT2D eigenvalue weighted by molar-refractivity contribution is 5.79. The Balaban J connectivity index is 2.16. The van der Waals surface area contributed by atoms with Gasteiger partial charge in [-0.05, 0) is 29.9 Å². The Morgan fingerprint density at radius 3 is 2.63 bits per heavy atom. The molecule has 3 nitrogen and oxygen atoms in total. The van der Waals surface area contributed by atoms with E-state index in [0.29, 0.717) is 12.5 Å². The zero-order valence-electron chi connectivity index (χ0n) is 11.9. The average molecular weight is 260 g/mol. The fourth-order valence-electron chi connectivity index (χ4n) is 2.78. The molecule has 1 aromatic rings. The van der Waals surface area contributed by atoms with Crippen LogP contribution in [0.15, 0.2) is 24.3 Å². The number of aryl methyl sites for hydroxylation is 1. The maximum Gasteiger partial charge on any atom is 0.227 e. The molecular weight excluding hydrogens is 236 g/mol. The zero-order chi connectivity index (χ0) is 13.8. The summed E-state index contributed by atoms with van der Waals surface area (Å²) >= 11 is 0. The van der Waals surface area contributed by atoms with Crippen molar-refractivity contribution in [2.75, 3.05) is 13.1 Å². The highest BCUT2D eigenvalue weighted by Gasteiger charge is 2.27. The van der Waals surface area contributed by atoms with Crippen LogP contribution >= 0.6 is 0 Å². The monoisotopic (exact) mass is 260 g/mol. The molecule has 0 saturated carbocycles. The van der Waals surface area contributed by atoms with Crippen LogP contribution in [0.2, 0.25) is 0 Å². The van der Waals surface area contributed by atoms with E-state index >= 15 is 0 Å². The molecule has 2 rings (SSSR count). The number of hydrogen-bond acceptors (Lipinski definition) is 2. The van der Waals surface area contributed by atoms with Crippen LogP contribution in [0.25, 0.3) is 0 Å². The fraction of sp³-hybridized carbons (Fsp3) is 0.562. The third-order valence-corrected chi connectivity index (χ3v) is 4.04. The summed E-state index contributed by atoms with van der Waals surface area (Å²) in [5.74, 6) is 0.468. The lowest BCUT2D eigenvalue weighted by Crippen LogP contribution is -2.41. The van der Waals surface area contributed by atoms with Crippen molar-refractivity contribution < 1.29 is 4.79 Å². The molecule has 104 valence electrons. The number of carbonyl (C=O) groups is 1. The largest absolute Gasteiger partial charge is 0.338 e. The van der Waals surface area contributed by atoms with Crippen molar-refractivity contribution in [1.82, 2.24) is 4.90 Å². The van der Waals surface area contributed by atoms with E-state index in [1.54, 1.807) is 0 Å². The lowest BCUT2D eigenvalue weighted by molar-refractivity contribution is -0.137. The van der Waals surface area contributed by atoms with Crippen molar-refractivity contribution in [2.45, 2.75) is 33.2 Å². The first-order valence-corrected chi connectivity index (χ1v) is 7.19. The van der Waals surface area contributed by atoms with Crippen LogP contribution in [-0.2, 0) is 17.8 Å². The molecule has 0 radical (unpaired) electrons. The first kappa shape index (κ1) is 14.1. The Morgan fingerprint density at radius 1 is 1.32 bits per heavy atom. The molecule has 1 amide bonds. The second-order valence-electron chi connectivity index (χ2n) is 5.72. The van der Waals surface area contributed by atoms with E-state index in [2.05, 4.69) is 38.1 Å². The quantitative estimate of drug-likeness (QED) is 0.905. The number of rotatable bonds is 3. The van der Waals surface area contributed by atoms with E-state index in [0.717, 1.165) is 25.9 Å². The summed E-state index contributed by atoms with van der Waals surface area (Å²) in [6.07, 6.45) is 2.10. The van der Waals surface area contributed by atoms with Crippen LogP contribution in [0.1, 0.15) is 31.4 Å². The van der Waals surface area contributed by atoms with Gasteiger partial charge < -0.3 is 10.6 Å². The Bertz CT molecular complexity index is 442. The second kappa shape index (κ2) is 6.20. The number of amides is 1. The van der Waals surface area contributed by atoms with Gasteiger partial charge in [0.2, 0.25) is 5.91 Å². The van der Waals surface area contributed by atoms with Crippen LogP contribution in [0, 0.1) is 11.8 Å². The SMILES string of the molecule is CC(C)C(CN)C(=O)N1CCCc2ccccc2C1. The smallest absolute Gasteiger partial charge is 0.227 e. The molecule has 3 heteroatoms. The van der Waals surface area contributed by atoms with E-state index < -0.39 is 0 Å². The van der Waals surface area contributed by atoms with Gasteiger partial charge in [-0.3, -0.25) is 4.79 Å². The third kappa shape index (κ3) is 3.16. The highest BCUT2D eigenvalue weighted by Crippen LogP contribution is 2.21. The minimum Gasteiger partial charge on any atom is -0.338 e. The van der Waals surface area contributed by atoms with Crippen LogP contribution in [0.5, 0.6) is 0 Å². The lowest BCUT2D eigenvalue weighted by atomic mass is 9.94. The van der Waals surface area contributed by atoms with Crippen LogP contribution in [0.4, 0.5) is 0 Å². The van der Waals surface area contributed by atoms with Gasteiger partial charge in [-0.2, -0.15) is 0 Å². The van der Waals surface area contributed by atoms with Crippen molar-refractivity contribution in [3.8, 4) is 0 Å². The summed E-state index contributed by atoms with van der Waals surface area (Å²) in [6, 6.07) is 8.43.